The molecule has 0 aliphatic carbocycles. The lowest BCUT2D eigenvalue weighted by molar-refractivity contribution is 0.171. The van der Waals surface area contributed by atoms with Gasteiger partial charge in [-0.2, -0.15) is 0 Å². The first-order valence-electron chi connectivity index (χ1n) is 7.58. The number of hydrogen-bond acceptors (Lipinski definition) is 4. The molecular formula is C18H21NO3. The highest BCUT2D eigenvalue weighted by atomic mass is 16.6. The monoisotopic (exact) mass is 299 g/mol. The molecule has 2 aromatic carbocycles. The molecule has 0 saturated carbocycles. The van der Waals surface area contributed by atoms with Gasteiger partial charge in [0.15, 0.2) is 11.5 Å². The van der Waals surface area contributed by atoms with Gasteiger partial charge in [0.05, 0.1) is 7.11 Å². The number of hydrogen-bond donors (Lipinski definition) is 1. The van der Waals surface area contributed by atoms with E-state index in [9.17, 15) is 0 Å². The maximum atomic E-state index is 5.61. The van der Waals surface area contributed by atoms with Crippen LogP contribution in [0.3, 0.4) is 0 Å². The Morgan fingerprint density at radius 2 is 1.86 bits per heavy atom. The zero-order valence-corrected chi connectivity index (χ0v) is 12.8. The molecular weight excluding hydrogens is 278 g/mol. The molecule has 1 aliphatic heterocycles. The number of para-hydroxylation sites is 1. The summed E-state index contributed by atoms with van der Waals surface area (Å²) in [6.07, 6.45) is 0.950. The molecule has 0 amide bonds. The van der Waals surface area contributed by atoms with Crippen molar-refractivity contribution < 1.29 is 14.2 Å². The summed E-state index contributed by atoms with van der Waals surface area (Å²) in [7, 11) is 1.70. The highest BCUT2D eigenvalue weighted by Crippen LogP contribution is 2.30. The molecule has 0 atom stereocenters. The third kappa shape index (κ3) is 3.52. The van der Waals surface area contributed by atoms with Gasteiger partial charge in [0.2, 0.25) is 0 Å². The molecule has 2 aromatic rings. The molecule has 4 nitrogen and oxygen atoms in total. The molecule has 1 aliphatic rings. The van der Waals surface area contributed by atoms with Crippen molar-refractivity contribution in [1.29, 1.82) is 0 Å². The topological polar surface area (TPSA) is 39.7 Å². The molecule has 0 spiro atoms. The smallest absolute Gasteiger partial charge is 0.161 e. The molecule has 1 N–H and O–H groups in total. The lowest BCUT2D eigenvalue weighted by Gasteiger charge is -2.19. The number of rotatable bonds is 6. The Kier molecular flexibility index (Phi) is 4.81. The Labute approximate surface area is 131 Å². The molecule has 0 unspecified atom stereocenters. The molecule has 0 fully saturated rings. The van der Waals surface area contributed by atoms with Crippen LogP contribution in [0.15, 0.2) is 42.5 Å². The highest BCUT2D eigenvalue weighted by molar-refractivity contribution is 5.43. The van der Waals surface area contributed by atoms with Gasteiger partial charge in [-0.25, -0.2) is 0 Å². The fourth-order valence-electron chi connectivity index (χ4n) is 2.55. The van der Waals surface area contributed by atoms with Gasteiger partial charge in [-0.1, -0.05) is 24.3 Å². The van der Waals surface area contributed by atoms with E-state index >= 15 is 0 Å². The number of methoxy groups -OCH3 is 1. The van der Waals surface area contributed by atoms with Crippen LogP contribution in [0.5, 0.6) is 17.2 Å². The second-order valence-corrected chi connectivity index (χ2v) is 5.22. The van der Waals surface area contributed by atoms with E-state index in [1.807, 2.05) is 24.3 Å². The standard InChI is InChI=1S/C18H21NO3/c1-20-16-5-3-2-4-15(16)13-19-9-8-14-6-7-17-18(12-14)22-11-10-21-17/h2-7,12,19H,8-11,13H2,1H3. The van der Waals surface area contributed by atoms with Gasteiger partial charge >= 0.3 is 0 Å². The number of ether oxygens (including phenoxy) is 3. The van der Waals surface area contributed by atoms with E-state index in [1.54, 1.807) is 7.11 Å². The van der Waals surface area contributed by atoms with Crippen LogP contribution in [0.2, 0.25) is 0 Å². The Morgan fingerprint density at radius 3 is 2.73 bits per heavy atom. The Bertz CT molecular complexity index is 627. The normalized spacial score (nSPS) is 13.0. The summed E-state index contributed by atoms with van der Waals surface area (Å²) in [5.74, 6) is 2.62. The van der Waals surface area contributed by atoms with Crippen LogP contribution in [0, 0.1) is 0 Å². The van der Waals surface area contributed by atoms with Gasteiger partial charge in [-0.05, 0) is 36.7 Å². The molecule has 1 heterocycles. The minimum absolute atomic E-state index is 0.627. The number of fused-ring (bicyclic) bond motifs is 1. The summed E-state index contributed by atoms with van der Waals surface area (Å²) in [5, 5.41) is 3.45. The minimum Gasteiger partial charge on any atom is -0.496 e. The average molecular weight is 299 g/mol. The quantitative estimate of drug-likeness (QED) is 0.833. The Hall–Kier alpha value is -2.20. The summed E-state index contributed by atoms with van der Waals surface area (Å²) in [6, 6.07) is 14.2. The molecule has 0 bridgehead atoms. The molecule has 4 heteroatoms. The zero-order valence-electron chi connectivity index (χ0n) is 12.8. The van der Waals surface area contributed by atoms with Crippen molar-refractivity contribution in [2.75, 3.05) is 26.9 Å². The number of nitrogens with one attached hydrogen (secondary N) is 1. The van der Waals surface area contributed by atoms with E-state index in [2.05, 4.69) is 23.5 Å². The first-order valence-corrected chi connectivity index (χ1v) is 7.58. The summed E-state index contributed by atoms with van der Waals surface area (Å²) >= 11 is 0. The van der Waals surface area contributed by atoms with Gasteiger partial charge in [-0.3, -0.25) is 0 Å². The van der Waals surface area contributed by atoms with Crippen LogP contribution in [0.4, 0.5) is 0 Å². The molecule has 3 rings (SSSR count). The van der Waals surface area contributed by atoms with Gasteiger partial charge < -0.3 is 19.5 Å². The second kappa shape index (κ2) is 7.18. The molecule has 0 radical (unpaired) electrons. The molecule has 116 valence electrons. The Morgan fingerprint density at radius 1 is 1.05 bits per heavy atom. The van der Waals surface area contributed by atoms with Crippen LogP contribution >= 0.6 is 0 Å². The highest BCUT2D eigenvalue weighted by Gasteiger charge is 2.11. The van der Waals surface area contributed by atoms with E-state index in [4.69, 9.17) is 14.2 Å². The van der Waals surface area contributed by atoms with E-state index in [-0.39, 0.29) is 0 Å². The van der Waals surface area contributed by atoms with E-state index < -0.39 is 0 Å². The van der Waals surface area contributed by atoms with Crippen LogP contribution in [0.25, 0.3) is 0 Å². The van der Waals surface area contributed by atoms with Crippen molar-refractivity contribution in [2.45, 2.75) is 13.0 Å². The largest absolute Gasteiger partial charge is 0.496 e. The van der Waals surface area contributed by atoms with Gasteiger partial charge in [0, 0.05) is 12.1 Å². The molecule has 0 aromatic heterocycles. The average Bonchev–Trinajstić information content (AvgIpc) is 2.59. The fourth-order valence-corrected chi connectivity index (χ4v) is 2.55. The van der Waals surface area contributed by atoms with Gasteiger partial charge in [-0.15, -0.1) is 0 Å². The van der Waals surface area contributed by atoms with Crippen LogP contribution in [0.1, 0.15) is 11.1 Å². The van der Waals surface area contributed by atoms with Crippen molar-refractivity contribution in [3.8, 4) is 17.2 Å². The van der Waals surface area contributed by atoms with E-state index in [0.29, 0.717) is 13.2 Å². The van der Waals surface area contributed by atoms with Crippen LogP contribution in [-0.4, -0.2) is 26.9 Å². The molecule has 0 saturated heterocycles. The first kappa shape index (κ1) is 14.7. The maximum Gasteiger partial charge on any atom is 0.161 e. The predicted octanol–water partition coefficient (Wildman–Crippen LogP) is 2.80. The van der Waals surface area contributed by atoms with Crippen molar-refractivity contribution in [2.24, 2.45) is 0 Å². The lowest BCUT2D eigenvalue weighted by Crippen LogP contribution is -2.18. The number of benzene rings is 2. The predicted molar refractivity (Wildman–Crippen MR) is 85.8 cm³/mol. The SMILES string of the molecule is COc1ccccc1CNCCc1ccc2c(c1)OCCO2. The third-order valence-corrected chi connectivity index (χ3v) is 3.71. The van der Waals surface area contributed by atoms with E-state index in [1.165, 1.54) is 11.1 Å². The fraction of sp³-hybridized carbons (Fsp3) is 0.333. The van der Waals surface area contributed by atoms with Crippen LogP contribution < -0.4 is 19.5 Å². The van der Waals surface area contributed by atoms with Crippen molar-refractivity contribution in [3.05, 3.63) is 53.6 Å². The summed E-state index contributed by atoms with van der Waals surface area (Å²) in [4.78, 5) is 0. The van der Waals surface area contributed by atoms with Crippen molar-refractivity contribution in [1.82, 2.24) is 5.32 Å². The first-order chi connectivity index (χ1) is 10.9. The van der Waals surface area contributed by atoms with Crippen LogP contribution in [-0.2, 0) is 13.0 Å². The minimum atomic E-state index is 0.627. The Balaban J connectivity index is 1.51. The second-order valence-electron chi connectivity index (χ2n) is 5.22. The lowest BCUT2D eigenvalue weighted by atomic mass is 10.1. The van der Waals surface area contributed by atoms with Crippen molar-refractivity contribution >= 4 is 0 Å². The molecule has 22 heavy (non-hydrogen) atoms. The van der Waals surface area contributed by atoms with E-state index in [0.717, 1.165) is 36.8 Å². The maximum absolute atomic E-state index is 5.61. The summed E-state index contributed by atoms with van der Waals surface area (Å²) in [5.41, 5.74) is 2.42. The van der Waals surface area contributed by atoms with Gasteiger partial charge in [0.1, 0.15) is 19.0 Å². The van der Waals surface area contributed by atoms with Crippen molar-refractivity contribution in [3.63, 3.8) is 0 Å². The third-order valence-electron chi connectivity index (χ3n) is 3.71. The summed E-state index contributed by atoms with van der Waals surface area (Å²) < 4.78 is 16.5. The zero-order chi connectivity index (χ0) is 15.2. The summed E-state index contributed by atoms with van der Waals surface area (Å²) in [6.45, 7) is 2.96. The van der Waals surface area contributed by atoms with Gasteiger partial charge in [0.25, 0.3) is 0 Å².